The van der Waals surface area contributed by atoms with E-state index in [-0.39, 0.29) is 30.8 Å². The summed E-state index contributed by atoms with van der Waals surface area (Å²) in [7, 11) is 0. The molecule has 3 aromatic carbocycles. The van der Waals surface area contributed by atoms with Gasteiger partial charge in [0.05, 0.1) is 17.4 Å². The Hall–Kier alpha value is -2.86. The van der Waals surface area contributed by atoms with Crippen LogP contribution in [0.3, 0.4) is 0 Å². The number of benzene rings is 3. The van der Waals surface area contributed by atoms with E-state index in [0.29, 0.717) is 16.5 Å². The zero-order valence-corrected chi connectivity index (χ0v) is 21.4. The maximum absolute atomic E-state index is 13.0. The first-order chi connectivity index (χ1) is 16.5. The number of hydrogen-bond acceptors (Lipinski definition) is 4. The first-order valence-electron chi connectivity index (χ1n) is 11.3. The van der Waals surface area contributed by atoms with Gasteiger partial charge in [0.15, 0.2) is 6.17 Å². The number of anilines is 1. The van der Waals surface area contributed by atoms with Gasteiger partial charge in [-0.15, -0.1) is 12.4 Å². The molecule has 0 fully saturated rings. The maximum Gasteiger partial charge on any atom is 0.222 e. The molecule has 180 valence electrons. The summed E-state index contributed by atoms with van der Waals surface area (Å²) in [4.78, 5) is 25.1. The molecule has 3 aromatic rings. The van der Waals surface area contributed by atoms with Crippen LogP contribution in [0.1, 0.15) is 30.0 Å². The van der Waals surface area contributed by atoms with Gasteiger partial charge in [0.25, 0.3) is 0 Å². The summed E-state index contributed by atoms with van der Waals surface area (Å²) in [6, 6.07) is 23.7. The zero-order chi connectivity index (χ0) is 23.7. The van der Waals surface area contributed by atoms with Crippen molar-refractivity contribution < 1.29 is 4.79 Å². The number of fused-ring (bicyclic) bond motifs is 3. The van der Waals surface area contributed by atoms with Crippen molar-refractivity contribution in [1.29, 1.82) is 0 Å². The molecule has 0 spiro atoms. The summed E-state index contributed by atoms with van der Waals surface area (Å²) in [5, 5.41) is 4.26. The molecule has 0 aromatic heterocycles. The minimum absolute atomic E-state index is 0. The van der Waals surface area contributed by atoms with E-state index in [0.717, 1.165) is 40.5 Å². The predicted octanol–water partition coefficient (Wildman–Crippen LogP) is 5.95. The number of hydrogen-bond donors (Lipinski definition) is 1. The molecule has 2 heterocycles. The Bertz CT molecular complexity index is 1290. The van der Waals surface area contributed by atoms with Crippen LogP contribution in [-0.2, 0) is 11.2 Å². The Balaban J connectivity index is 0.00000289. The van der Waals surface area contributed by atoms with Crippen molar-refractivity contribution in [3.8, 4) is 0 Å². The quantitative estimate of drug-likeness (QED) is 0.446. The highest BCUT2D eigenvalue weighted by molar-refractivity contribution is 6.35. The van der Waals surface area contributed by atoms with E-state index in [4.69, 9.17) is 33.2 Å². The normalized spacial score (nSPS) is 18.4. The Morgan fingerprint density at radius 2 is 1.77 bits per heavy atom. The van der Waals surface area contributed by atoms with E-state index in [1.165, 1.54) is 0 Å². The Kier molecular flexibility index (Phi) is 7.80. The van der Waals surface area contributed by atoms with Crippen molar-refractivity contribution in [1.82, 2.24) is 5.32 Å². The lowest BCUT2D eigenvalue weighted by atomic mass is 10.0. The van der Waals surface area contributed by atoms with Gasteiger partial charge in [0, 0.05) is 34.1 Å². The second-order valence-electron chi connectivity index (χ2n) is 8.51. The molecule has 1 N–H and O–H groups in total. The third kappa shape index (κ3) is 5.37. The number of nitrogens with one attached hydrogen (secondary N) is 1. The zero-order valence-electron chi connectivity index (χ0n) is 19.1. The molecule has 1 amide bonds. The van der Waals surface area contributed by atoms with E-state index in [1.54, 1.807) is 12.1 Å². The number of para-hydroxylation sites is 1. The molecule has 0 saturated heterocycles. The number of nitrogens with zero attached hydrogens (tertiary/aromatic N) is 3. The number of carbonyl (C=O) groups excluding carboxylic acids is 1. The van der Waals surface area contributed by atoms with E-state index in [2.05, 4.69) is 29.3 Å². The van der Waals surface area contributed by atoms with Crippen LogP contribution in [-0.4, -0.2) is 36.2 Å². The standard InChI is InChI=1S/C27H24Cl2N4O.ClH/c1-17-16-33-23-10-6-5-9-21(23)25(19-7-3-2-4-8-19)32-26(27(33)30-17)31-24(34)14-12-18-11-13-20(28)15-22(18)29;/h2-11,13,15,17,26H,12,14,16H2,1H3,(H,31,34);1H. The number of amides is 1. The van der Waals surface area contributed by atoms with Gasteiger partial charge in [-0.2, -0.15) is 0 Å². The second-order valence-corrected chi connectivity index (χ2v) is 9.36. The highest BCUT2D eigenvalue weighted by Crippen LogP contribution is 2.31. The smallest absolute Gasteiger partial charge is 0.222 e. The number of halogens is 3. The third-order valence-corrected chi connectivity index (χ3v) is 6.60. The lowest BCUT2D eigenvalue weighted by Crippen LogP contribution is -2.45. The van der Waals surface area contributed by atoms with Gasteiger partial charge >= 0.3 is 0 Å². The third-order valence-electron chi connectivity index (χ3n) is 6.01. The van der Waals surface area contributed by atoms with Gasteiger partial charge in [-0.3, -0.25) is 14.8 Å². The molecular weight excluding hydrogens is 503 g/mol. The lowest BCUT2D eigenvalue weighted by molar-refractivity contribution is -0.121. The number of amidine groups is 1. The average molecular weight is 528 g/mol. The molecule has 2 unspecified atom stereocenters. The molecule has 0 radical (unpaired) electrons. The fourth-order valence-corrected chi connectivity index (χ4v) is 4.92. The van der Waals surface area contributed by atoms with E-state index < -0.39 is 6.17 Å². The van der Waals surface area contributed by atoms with Gasteiger partial charge in [-0.05, 0) is 37.1 Å². The molecule has 0 saturated carbocycles. The number of carbonyl (C=O) groups is 1. The first kappa shape index (κ1) is 25.2. The summed E-state index contributed by atoms with van der Waals surface area (Å²) in [5.41, 5.74) is 4.80. The summed E-state index contributed by atoms with van der Waals surface area (Å²) in [5.74, 6) is 0.657. The Morgan fingerprint density at radius 3 is 2.54 bits per heavy atom. The monoisotopic (exact) mass is 526 g/mol. The van der Waals surface area contributed by atoms with Crippen LogP contribution in [0.2, 0.25) is 10.0 Å². The van der Waals surface area contributed by atoms with Crippen LogP contribution in [0.25, 0.3) is 0 Å². The SMILES string of the molecule is CC1CN2C(=N1)C(NC(=O)CCc1ccc(Cl)cc1Cl)N=C(c1ccccc1)c1ccccc12.Cl. The molecule has 2 aliphatic heterocycles. The molecule has 2 aliphatic rings. The molecule has 35 heavy (non-hydrogen) atoms. The Morgan fingerprint density at radius 1 is 1.03 bits per heavy atom. The molecule has 0 bridgehead atoms. The van der Waals surface area contributed by atoms with Crippen molar-refractivity contribution in [3.63, 3.8) is 0 Å². The number of rotatable bonds is 5. The predicted molar refractivity (Wildman–Crippen MR) is 147 cm³/mol. The van der Waals surface area contributed by atoms with Crippen molar-refractivity contribution in [2.45, 2.75) is 32.0 Å². The minimum atomic E-state index is -0.583. The summed E-state index contributed by atoms with van der Waals surface area (Å²) >= 11 is 12.3. The summed E-state index contributed by atoms with van der Waals surface area (Å²) in [6.45, 7) is 2.82. The van der Waals surface area contributed by atoms with Gasteiger partial charge in [-0.1, -0.05) is 77.8 Å². The molecule has 8 heteroatoms. The number of aryl methyl sites for hydroxylation is 1. The lowest BCUT2D eigenvalue weighted by Gasteiger charge is -2.24. The number of aliphatic imine (C=N–C) groups is 2. The highest BCUT2D eigenvalue weighted by Gasteiger charge is 2.35. The van der Waals surface area contributed by atoms with Crippen LogP contribution in [0.4, 0.5) is 5.69 Å². The van der Waals surface area contributed by atoms with Crippen molar-refractivity contribution in [3.05, 3.63) is 99.5 Å². The van der Waals surface area contributed by atoms with Crippen molar-refractivity contribution in [2.75, 3.05) is 11.4 Å². The fraction of sp³-hybridized carbons (Fsp3) is 0.222. The van der Waals surface area contributed by atoms with Crippen molar-refractivity contribution >= 4 is 58.8 Å². The topological polar surface area (TPSA) is 57.1 Å². The van der Waals surface area contributed by atoms with Gasteiger partial charge in [0.1, 0.15) is 5.84 Å². The molecular formula is C27H25Cl3N4O. The summed E-state index contributed by atoms with van der Waals surface area (Å²) < 4.78 is 0. The second kappa shape index (κ2) is 10.8. The van der Waals surface area contributed by atoms with Crippen molar-refractivity contribution in [2.24, 2.45) is 9.98 Å². The molecule has 5 nitrogen and oxygen atoms in total. The Labute approximate surface area is 221 Å². The van der Waals surface area contributed by atoms with Gasteiger partial charge in [-0.25, -0.2) is 0 Å². The van der Waals surface area contributed by atoms with Crippen LogP contribution in [0, 0.1) is 0 Å². The van der Waals surface area contributed by atoms with Crippen LogP contribution >= 0.6 is 35.6 Å². The molecule has 0 aliphatic carbocycles. The van der Waals surface area contributed by atoms with E-state index in [1.807, 2.05) is 48.5 Å². The van der Waals surface area contributed by atoms with Gasteiger partial charge in [0.2, 0.25) is 5.91 Å². The fourth-order valence-electron chi connectivity index (χ4n) is 4.42. The van der Waals surface area contributed by atoms with Crippen LogP contribution in [0.5, 0.6) is 0 Å². The van der Waals surface area contributed by atoms with Crippen LogP contribution in [0.15, 0.2) is 82.8 Å². The van der Waals surface area contributed by atoms with E-state index in [9.17, 15) is 4.79 Å². The first-order valence-corrected chi connectivity index (χ1v) is 12.1. The van der Waals surface area contributed by atoms with Crippen LogP contribution < -0.4 is 10.2 Å². The average Bonchev–Trinajstić information content (AvgIpc) is 3.18. The minimum Gasteiger partial charge on any atom is -0.328 e. The summed E-state index contributed by atoms with van der Waals surface area (Å²) in [6.07, 6.45) is 0.209. The molecule has 5 rings (SSSR count). The molecule has 2 atom stereocenters. The van der Waals surface area contributed by atoms with E-state index >= 15 is 0 Å². The van der Waals surface area contributed by atoms with Gasteiger partial charge < -0.3 is 10.2 Å². The maximum atomic E-state index is 13.0. The largest absolute Gasteiger partial charge is 0.328 e. The highest BCUT2D eigenvalue weighted by atomic mass is 35.5.